The Hall–Kier alpha value is -3.99. The first-order valence-corrected chi connectivity index (χ1v) is 9.56. The van der Waals surface area contributed by atoms with Gasteiger partial charge in [-0.2, -0.15) is 10.4 Å². The molecule has 0 saturated heterocycles. The number of fused-ring (bicyclic) bond motifs is 1. The van der Waals surface area contributed by atoms with Crippen LogP contribution in [0, 0.1) is 24.1 Å². The summed E-state index contributed by atoms with van der Waals surface area (Å²) < 4.78 is 16.3. The highest BCUT2D eigenvalue weighted by Crippen LogP contribution is 2.22. The Balaban J connectivity index is 2.06. The zero-order valence-corrected chi connectivity index (χ0v) is 16.6. The number of rotatable bonds is 5. The molecule has 0 bridgehead atoms. The van der Waals surface area contributed by atoms with Gasteiger partial charge >= 0.3 is 0 Å². The molecule has 0 atom stereocenters. The smallest absolute Gasteiger partial charge is 0.286 e. The van der Waals surface area contributed by atoms with E-state index in [1.165, 1.54) is 33.5 Å². The third-order valence-corrected chi connectivity index (χ3v) is 4.70. The highest BCUT2D eigenvalue weighted by molar-refractivity contribution is 5.82. The second kappa shape index (κ2) is 7.79. The third kappa shape index (κ3) is 3.31. The molecule has 30 heavy (non-hydrogen) atoms. The van der Waals surface area contributed by atoms with E-state index in [-0.39, 0.29) is 22.7 Å². The van der Waals surface area contributed by atoms with Gasteiger partial charge in [0, 0.05) is 6.54 Å². The summed E-state index contributed by atoms with van der Waals surface area (Å²) in [6, 6.07) is 15.1. The predicted molar refractivity (Wildman–Crippen MR) is 113 cm³/mol. The van der Waals surface area contributed by atoms with E-state index in [1.807, 2.05) is 44.2 Å². The van der Waals surface area contributed by atoms with Crippen LogP contribution in [0.2, 0.25) is 0 Å². The van der Waals surface area contributed by atoms with Crippen LogP contribution in [-0.2, 0) is 0 Å². The standard InChI is InChI=1S/C22H19FN6O/c1-3-12-25-22-26-19-18(13-24)27-29(17-8-4-14(2)5-9-17)20(19)21(30)28(22)16-10-6-15(23)7-11-16/h4-11H,3,12H2,1-2H3,(H,25,26). The van der Waals surface area contributed by atoms with Crippen molar-refractivity contribution in [2.75, 3.05) is 11.9 Å². The molecule has 0 amide bonds. The average molecular weight is 402 g/mol. The van der Waals surface area contributed by atoms with Crippen molar-refractivity contribution in [2.24, 2.45) is 0 Å². The first kappa shape index (κ1) is 19.3. The van der Waals surface area contributed by atoms with E-state index in [0.29, 0.717) is 17.9 Å². The van der Waals surface area contributed by atoms with E-state index in [2.05, 4.69) is 15.4 Å². The number of halogens is 1. The maximum atomic E-state index is 13.6. The Morgan fingerprint density at radius 1 is 1.10 bits per heavy atom. The van der Waals surface area contributed by atoms with Gasteiger partial charge in [-0.15, -0.1) is 0 Å². The lowest BCUT2D eigenvalue weighted by molar-refractivity contribution is 0.627. The Labute approximate surface area is 172 Å². The van der Waals surface area contributed by atoms with Gasteiger partial charge in [0.15, 0.2) is 11.2 Å². The van der Waals surface area contributed by atoms with E-state index in [0.717, 1.165) is 12.0 Å². The van der Waals surface area contributed by atoms with Crippen molar-refractivity contribution in [3.8, 4) is 17.4 Å². The Kier molecular flexibility index (Phi) is 5.02. The molecule has 0 radical (unpaired) electrons. The molecular formula is C22H19FN6O. The van der Waals surface area contributed by atoms with Crippen molar-refractivity contribution in [3.05, 3.63) is 76.0 Å². The molecule has 2 aromatic heterocycles. The molecule has 8 heteroatoms. The van der Waals surface area contributed by atoms with Crippen molar-refractivity contribution in [1.29, 1.82) is 5.26 Å². The fraction of sp³-hybridized carbons (Fsp3) is 0.182. The van der Waals surface area contributed by atoms with E-state index >= 15 is 0 Å². The Morgan fingerprint density at radius 3 is 2.40 bits per heavy atom. The number of nitrogens with zero attached hydrogens (tertiary/aromatic N) is 5. The lowest BCUT2D eigenvalue weighted by atomic mass is 10.2. The number of anilines is 1. The van der Waals surface area contributed by atoms with Crippen LogP contribution < -0.4 is 10.9 Å². The second-order valence-corrected chi connectivity index (χ2v) is 6.88. The molecule has 0 aliphatic heterocycles. The molecule has 2 aromatic carbocycles. The molecule has 0 aliphatic rings. The molecule has 7 nitrogen and oxygen atoms in total. The van der Waals surface area contributed by atoms with Crippen molar-refractivity contribution in [1.82, 2.24) is 19.3 Å². The number of aryl methyl sites for hydroxylation is 1. The minimum absolute atomic E-state index is 0.0634. The molecule has 4 rings (SSSR count). The molecule has 0 aliphatic carbocycles. The summed E-state index contributed by atoms with van der Waals surface area (Å²) in [5, 5.41) is 17.0. The molecule has 1 N–H and O–H groups in total. The summed E-state index contributed by atoms with van der Waals surface area (Å²) in [6.45, 7) is 4.52. The largest absolute Gasteiger partial charge is 0.355 e. The minimum Gasteiger partial charge on any atom is -0.355 e. The summed E-state index contributed by atoms with van der Waals surface area (Å²) >= 11 is 0. The summed E-state index contributed by atoms with van der Waals surface area (Å²) in [7, 11) is 0. The minimum atomic E-state index is -0.403. The van der Waals surface area contributed by atoms with Crippen LogP contribution in [0.4, 0.5) is 10.3 Å². The topological polar surface area (TPSA) is 88.5 Å². The van der Waals surface area contributed by atoms with Crippen molar-refractivity contribution in [3.63, 3.8) is 0 Å². The Bertz CT molecular complexity index is 1310. The number of nitrogens with one attached hydrogen (secondary N) is 1. The maximum Gasteiger partial charge on any atom is 0.286 e. The van der Waals surface area contributed by atoms with Gasteiger partial charge in [0.1, 0.15) is 17.4 Å². The van der Waals surface area contributed by atoms with Gasteiger partial charge in [-0.25, -0.2) is 18.6 Å². The fourth-order valence-electron chi connectivity index (χ4n) is 3.20. The van der Waals surface area contributed by atoms with E-state index in [4.69, 9.17) is 0 Å². The van der Waals surface area contributed by atoms with E-state index in [9.17, 15) is 14.4 Å². The van der Waals surface area contributed by atoms with Crippen molar-refractivity contribution in [2.45, 2.75) is 20.3 Å². The highest BCUT2D eigenvalue weighted by atomic mass is 19.1. The molecule has 4 aromatic rings. The molecule has 0 spiro atoms. The van der Waals surface area contributed by atoms with Crippen LogP contribution >= 0.6 is 0 Å². The van der Waals surface area contributed by atoms with Crippen LogP contribution in [0.5, 0.6) is 0 Å². The van der Waals surface area contributed by atoms with E-state index in [1.54, 1.807) is 0 Å². The summed E-state index contributed by atoms with van der Waals surface area (Å²) in [5.41, 5.74) is 2.23. The monoisotopic (exact) mass is 402 g/mol. The zero-order valence-electron chi connectivity index (χ0n) is 16.6. The quantitative estimate of drug-likeness (QED) is 0.550. The van der Waals surface area contributed by atoms with Crippen molar-refractivity contribution >= 4 is 17.0 Å². The lowest BCUT2D eigenvalue weighted by Crippen LogP contribution is -2.25. The van der Waals surface area contributed by atoms with Crippen LogP contribution in [0.3, 0.4) is 0 Å². The van der Waals surface area contributed by atoms with Gasteiger partial charge in [0.25, 0.3) is 5.56 Å². The number of aromatic nitrogens is 4. The molecule has 0 unspecified atom stereocenters. The first-order valence-electron chi connectivity index (χ1n) is 9.56. The van der Waals surface area contributed by atoms with Gasteiger partial charge < -0.3 is 5.32 Å². The van der Waals surface area contributed by atoms with Gasteiger partial charge in [0.2, 0.25) is 5.95 Å². The normalized spacial score (nSPS) is 10.9. The number of benzene rings is 2. The van der Waals surface area contributed by atoms with Crippen LogP contribution in [-0.4, -0.2) is 25.9 Å². The third-order valence-electron chi connectivity index (χ3n) is 4.70. The predicted octanol–water partition coefficient (Wildman–Crippen LogP) is 3.71. The van der Waals surface area contributed by atoms with Crippen LogP contribution in [0.25, 0.3) is 22.4 Å². The first-order chi connectivity index (χ1) is 14.5. The van der Waals surface area contributed by atoms with Crippen LogP contribution in [0.15, 0.2) is 53.3 Å². The van der Waals surface area contributed by atoms with Gasteiger partial charge in [-0.1, -0.05) is 24.6 Å². The molecule has 2 heterocycles. The van der Waals surface area contributed by atoms with Gasteiger partial charge in [-0.3, -0.25) is 4.79 Å². The number of hydrogen-bond donors (Lipinski definition) is 1. The Morgan fingerprint density at radius 2 is 1.77 bits per heavy atom. The highest BCUT2D eigenvalue weighted by Gasteiger charge is 2.21. The maximum absolute atomic E-state index is 13.6. The summed E-state index contributed by atoms with van der Waals surface area (Å²) in [4.78, 5) is 18.2. The molecule has 0 saturated carbocycles. The van der Waals surface area contributed by atoms with E-state index < -0.39 is 11.4 Å². The number of hydrogen-bond acceptors (Lipinski definition) is 5. The molecular weight excluding hydrogens is 383 g/mol. The molecule has 150 valence electrons. The fourth-order valence-corrected chi connectivity index (χ4v) is 3.20. The lowest BCUT2D eigenvalue weighted by Gasteiger charge is -2.14. The summed E-state index contributed by atoms with van der Waals surface area (Å²) in [5.74, 6) is -0.124. The summed E-state index contributed by atoms with van der Waals surface area (Å²) in [6.07, 6.45) is 0.811. The SMILES string of the molecule is CCCNc1nc2c(C#N)nn(-c3ccc(C)cc3)c2c(=O)n1-c1ccc(F)cc1. The second-order valence-electron chi connectivity index (χ2n) is 6.88. The van der Waals surface area contributed by atoms with Crippen LogP contribution in [0.1, 0.15) is 24.6 Å². The molecule has 0 fully saturated rings. The van der Waals surface area contributed by atoms with Crippen molar-refractivity contribution < 1.29 is 4.39 Å². The number of nitriles is 1. The van der Waals surface area contributed by atoms with Gasteiger partial charge in [-0.05, 0) is 49.7 Å². The average Bonchev–Trinajstić information content (AvgIpc) is 3.12. The van der Waals surface area contributed by atoms with Gasteiger partial charge in [0.05, 0.1) is 11.4 Å². The zero-order chi connectivity index (χ0) is 21.3.